The molecule has 0 saturated carbocycles. The first-order valence-corrected chi connectivity index (χ1v) is 7.98. The second kappa shape index (κ2) is 5.75. The molecular weight excluding hydrogens is 286 g/mol. The van der Waals surface area contributed by atoms with Gasteiger partial charge in [0.05, 0.1) is 16.3 Å². The van der Waals surface area contributed by atoms with Crippen LogP contribution in [-0.2, 0) is 10.0 Å². The van der Waals surface area contributed by atoms with Crippen LogP contribution in [0, 0.1) is 13.8 Å². The molecule has 0 aliphatic carbocycles. The Kier molecular flexibility index (Phi) is 4.20. The van der Waals surface area contributed by atoms with Gasteiger partial charge in [0.1, 0.15) is 0 Å². The van der Waals surface area contributed by atoms with E-state index in [2.05, 4.69) is 16.1 Å². The lowest BCUT2D eigenvalue weighted by Gasteiger charge is -2.12. The number of nitrogens with one attached hydrogen (secondary N) is 2. The highest BCUT2D eigenvalue weighted by Crippen LogP contribution is 2.26. The second-order valence-electron chi connectivity index (χ2n) is 4.96. The molecule has 0 heterocycles. The summed E-state index contributed by atoms with van der Waals surface area (Å²) in [6.45, 7) is 4.04. The highest BCUT2D eigenvalue weighted by atomic mass is 32.2. The molecule has 6 heteroatoms. The fourth-order valence-corrected chi connectivity index (χ4v) is 2.91. The van der Waals surface area contributed by atoms with Crippen LogP contribution >= 0.6 is 0 Å². The van der Waals surface area contributed by atoms with Gasteiger partial charge < -0.3 is 11.1 Å². The Morgan fingerprint density at radius 1 is 1.00 bits per heavy atom. The first kappa shape index (κ1) is 15.3. The van der Waals surface area contributed by atoms with E-state index in [4.69, 9.17) is 5.73 Å². The molecule has 0 amide bonds. The molecule has 5 nitrogen and oxygen atoms in total. The number of nitrogen functional groups attached to an aromatic ring is 1. The first-order chi connectivity index (χ1) is 9.81. The zero-order chi connectivity index (χ0) is 15.6. The van der Waals surface area contributed by atoms with Crippen molar-refractivity contribution in [3.63, 3.8) is 0 Å². The van der Waals surface area contributed by atoms with Crippen molar-refractivity contribution in [3.05, 3.63) is 47.5 Å². The lowest BCUT2D eigenvalue weighted by atomic mass is 10.1. The van der Waals surface area contributed by atoms with Crippen molar-refractivity contribution in [2.45, 2.75) is 18.7 Å². The largest absolute Gasteiger partial charge is 0.397 e. The van der Waals surface area contributed by atoms with Crippen molar-refractivity contribution in [3.8, 4) is 0 Å². The predicted octanol–water partition coefficient (Wildman–Crippen LogP) is 2.54. The smallest absolute Gasteiger partial charge is 0.240 e. The lowest BCUT2D eigenvalue weighted by Crippen LogP contribution is -2.18. The van der Waals surface area contributed by atoms with Gasteiger partial charge in [0.2, 0.25) is 10.0 Å². The Morgan fingerprint density at radius 3 is 2.14 bits per heavy atom. The molecule has 2 rings (SSSR count). The van der Waals surface area contributed by atoms with E-state index in [1.165, 1.54) is 19.2 Å². The van der Waals surface area contributed by atoms with Gasteiger partial charge in [-0.1, -0.05) is 6.07 Å². The zero-order valence-electron chi connectivity index (χ0n) is 12.3. The maximum Gasteiger partial charge on any atom is 0.240 e. The third kappa shape index (κ3) is 3.53. The number of sulfonamides is 1. The van der Waals surface area contributed by atoms with Crippen LogP contribution in [0.4, 0.5) is 17.1 Å². The molecule has 2 aromatic rings. The summed E-state index contributed by atoms with van der Waals surface area (Å²) in [5, 5.41) is 3.21. The number of anilines is 3. The third-order valence-corrected chi connectivity index (χ3v) is 4.51. The zero-order valence-corrected chi connectivity index (χ0v) is 13.1. The van der Waals surface area contributed by atoms with Crippen molar-refractivity contribution in [2.24, 2.45) is 0 Å². The monoisotopic (exact) mass is 305 g/mol. The van der Waals surface area contributed by atoms with Gasteiger partial charge in [0.15, 0.2) is 0 Å². The summed E-state index contributed by atoms with van der Waals surface area (Å²) in [5.74, 6) is 0. The van der Waals surface area contributed by atoms with Gasteiger partial charge in [-0.25, -0.2) is 13.1 Å². The summed E-state index contributed by atoms with van der Waals surface area (Å²) in [4.78, 5) is 0.147. The van der Waals surface area contributed by atoms with Gasteiger partial charge in [-0.3, -0.25) is 0 Å². The number of benzene rings is 2. The van der Waals surface area contributed by atoms with Gasteiger partial charge >= 0.3 is 0 Å². The summed E-state index contributed by atoms with van der Waals surface area (Å²) in [5.41, 5.74) is 10.2. The quantitative estimate of drug-likeness (QED) is 0.758. The van der Waals surface area contributed by atoms with Crippen LogP contribution in [0.2, 0.25) is 0 Å². The van der Waals surface area contributed by atoms with Crippen LogP contribution in [-0.4, -0.2) is 15.5 Å². The number of hydrogen-bond donors (Lipinski definition) is 3. The van der Waals surface area contributed by atoms with E-state index >= 15 is 0 Å². The van der Waals surface area contributed by atoms with Gasteiger partial charge in [-0.05, 0) is 62.4 Å². The van der Waals surface area contributed by atoms with Gasteiger partial charge in [-0.2, -0.15) is 0 Å². The summed E-state index contributed by atoms with van der Waals surface area (Å²) < 4.78 is 25.7. The topological polar surface area (TPSA) is 84.2 Å². The van der Waals surface area contributed by atoms with Crippen LogP contribution in [0.25, 0.3) is 0 Å². The maximum atomic E-state index is 11.7. The van der Waals surface area contributed by atoms with Crippen LogP contribution < -0.4 is 15.8 Å². The highest BCUT2D eigenvalue weighted by molar-refractivity contribution is 7.89. The second-order valence-corrected chi connectivity index (χ2v) is 6.84. The predicted molar refractivity (Wildman–Crippen MR) is 86.3 cm³/mol. The molecule has 112 valence electrons. The normalized spacial score (nSPS) is 11.4. The first-order valence-electron chi connectivity index (χ1n) is 6.50. The van der Waals surface area contributed by atoms with Gasteiger partial charge in [-0.15, -0.1) is 0 Å². The summed E-state index contributed by atoms with van der Waals surface area (Å²) in [6, 6.07) is 10.7. The van der Waals surface area contributed by atoms with Gasteiger partial charge in [0.25, 0.3) is 0 Å². The van der Waals surface area contributed by atoms with Crippen molar-refractivity contribution >= 4 is 27.1 Å². The van der Waals surface area contributed by atoms with E-state index in [0.717, 1.165) is 16.8 Å². The molecule has 21 heavy (non-hydrogen) atoms. The van der Waals surface area contributed by atoms with Gasteiger partial charge in [0, 0.05) is 5.69 Å². The molecule has 0 radical (unpaired) electrons. The molecule has 2 aromatic carbocycles. The molecule has 0 aliphatic rings. The van der Waals surface area contributed by atoms with E-state index in [-0.39, 0.29) is 4.90 Å². The Bertz CT molecular complexity index is 750. The molecular formula is C15H19N3O2S. The van der Waals surface area contributed by atoms with Crippen LogP contribution in [0.5, 0.6) is 0 Å². The molecule has 0 atom stereocenters. The van der Waals surface area contributed by atoms with Crippen LogP contribution in [0.1, 0.15) is 11.1 Å². The van der Waals surface area contributed by atoms with Crippen molar-refractivity contribution in [1.29, 1.82) is 0 Å². The van der Waals surface area contributed by atoms with E-state index in [0.29, 0.717) is 11.4 Å². The fraction of sp³-hybridized carbons (Fsp3) is 0.200. The third-order valence-electron chi connectivity index (χ3n) is 3.10. The molecule has 0 saturated heterocycles. The SMILES string of the molecule is CNS(=O)(=O)c1ccc(Nc2cc(C)cc(C)c2)c(N)c1. The summed E-state index contributed by atoms with van der Waals surface area (Å²) in [7, 11) is -2.11. The molecule has 0 unspecified atom stereocenters. The van der Waals surface area contributed by atoms with E-state index < -0.39 is 10.0 Å². The van der Waals surface area contributed by atoms with Crippen molar-refractivity contribution in [1.82, 2.24) is 4.72 Å². The minimum absolute atomic E-state index is 0.147. The Labute approximate surface area is 125 Å². The highest BCUT2D eigenvalue weighted by Gasteiger charge is 2.13. The van der Waals surface area contributed by atoms with E-state index in [9.17, 15) is 8.42 Å². The van der Waals surface area contributed by atoms with E-state index in [1.807, 2.05) is 26.0 Å². The maximum absolute atomic E-state index is 11.7. The number of hydrogen-bond acceptors (Lipinski definition) is 4. The minimum Gasteiger partial charge on any atom is -0.397 e. The lowest BCUT2D eigenvalue weighted by molar-refractivity contribution is 0.588. The average molecular weight is 305 g/mol. The van der Waals surface area contributed by atoms with E-state index in [1.54, 1.807) is 6.07 Å². The van der Waals surface area contributed by atoms with Crippen molar-refractivity contribution < 1.29 is 8.42 Å². The van der Waals surface area contributed by atoms with Crippen molar-refractivity contribution in [2.75, 3.05) is 18.1 Å². The molecule has 0 fully saturated rings. The molecule has 0 aromatic heterocycles. The minimum atomic E-state index is -3.48. The Hall–Kier alpha value is -2.05. The summed E-state index contributed by atoms with van der Waals surface area (Å²) in [6.07, 6.45) is 0. The number of aryl methyl sites for hydroxylation is 2. The van der Waals surface area contributed by atoms with Crippen LogP contribution in [0.3, 0.4) is 0 Å². The summed E-state index contributed by atoms with van der Waals surface area (Å²) >= 11 is 0. The molecule has 0 bridgehead atoms. The fourth-order valence-electron chi connectivity index (χ4n) is 2.14. The Morgan fingerprint density at radius 2 is 1.62 bits per heavy atom. The number of nitrogens with two attached hydrogens (primary N) is 1. The average Bonchev–Trinajstić information content (AvgIpc) is 2.40. The Balaban J connectivity index is 2.34. The van der Waals surface area contributed by atoms with Crippen LogP contribution in [0.15, 0.2) is 41.3 Å². The molecule has 0 aliphatic heterocycles. The standard InChI is InChI=1S/C15H19N3O2S/c1-10-6-11(2)8-12(7-10)18-15-5-4-13(9-14(15)16)21(19,20)17-3/h4-9,17-18H,16H2,1-3H3. The number of rotatable bonds is 4. The molecule has 0 spiro atoms. The molecule has 4 N–H and O–H groups in total.